The Morgan fingerprint density at radius 1 is 1.00 bits per heavy atom. The molecule has 2 amide bonds. The lowest BCUT2D eigenvalue weighted by Gasteiger charge is -2.29. The average Bonchev–Trinajstić information content (AvgIpc) is 2.77. The molecule has 1 aliphatic heterocycles. The van der Waals surface area contributed by atoms with Crippen molar-refractivity contribution in [3.8, 4) is 0 Å². The van der Waals surface area contributed by atoms with Gasteiger partial charge in [0, 0.05) is 30.4 Å². The lowest BCUT2D eigenvalue weighted by Crippen LogP contribution is -2.37. The Balaban J connectivity index is 1.47. The van der Waals surface area contributed by atoms with Crippen LogP contribution in [-0.4, -0.2) is 23.3 Å². The Labute approximate surface area is 181 Å². The molecule has 9 heteroatoms. The lowest BCUT2D eigenvalue weighted by atomic mass is 9.98. The smallest absolute Gasteiger partial charge is 0.416 e. The Morgan fingerprint density at radius 2 is 1.75 bits per heavy atom. The van der Waals surface area contributed by atoms with Crippen LogP contribution in [0.15, 0.2) is 67.0 Å². The topological polar surface area (TPSA) is 76.4 Å². The largest absolute Gasteiger partial charge is 0.619 e. The Morgan fingerprint density at radius 3 is 2.44 bits per heavy atom. The van der Waals surface area contributed by atoms with Gasteiger partial charge in [-0.1, -0.05) is 6.07 Å². The van der Waals surface area contributed by atoms with E-state index in [0.29, 0.717) is 29.9 Å². The van der Waals surface area contributed by atoms with E-state index in [1.165, 1.54) is 18.5 Å². The van der Waals surface area contributed by atoms with Gasteiger partial charge in [-0.05, 0) is 60.0 Å². The van der Waals surface area contributed by atoms with Crippen LogP contribution >= 0.6 is 0 Å². The Kier molecular flexibility index (Phi) is 5.56. The zero-order valence-corrected chi connectivity index (χ0v) is 16.7. The molecule has 0 radical (unpaired) electrons. The summed E-state index contributed by atoms with van der Waals surface area (Å²) in [6.45, 7) is 0.808. The van der Waals surface area contributed by atoms with Gasteiger partial charge < -0.3 is 15.4 Å². The number of hydrogen-bond donors (Lipinski definition) is 1. The van der Waals surface area contributed by atoms with Crippen LogP contribution in [0.2, 0.25) is 0 Å². The van der Waals surface area contributed by atoms with Gasteiger partial charge in [0.2, 0.25) is 0 Å². The maximum absolute atomic E-state index is 12.7. The zero-order valence-electron chi connectivity index (χ0n) is 16.7. The third kappa shape index (κ3) is 4.56. The zero-order chi connectivity index (χ0) is 22.9. The predicted octanol–water partition coefficient (Wildman–Crippen LogP) is 3.79. The molecule has 1 aliphatic rings. The number of anilines is 1. The van der Waals surface area contributed by atoms with Crippen LogP contribution in [0.1, 0.15) is 37.4 Å². The predicted molar refractivity (Wildman–Crippen MR) is 110 cm³/mol. The number of halogens is 3. The van der Waals surface area contributed by atoms with Gasteiger partial charge in [-0.15, -0.1) is 0 Å². The van der Waals surface area contributed by atoms with E-state index in [0.717, 1.165) is 35.4 Å². The monoisotopic (exact) mass is 441 g/mol. The number of nitrogens with one attached hydrogen (secondary N) is 1. The molecule has 0 saturated carbocycles. The Hall–Kier alpha value is -3.88. The van der Waals surface area contributed by atoms with Crippen LogP contribution in [0.5, 0.6) is 0 Å². The summed E-state index contributed by atoms with van der Waals surface area (Å²) in [4.78, 5) is 26.8. The highest BCUT2D eigenvalue weighted by Crippen LogP contribution is 2.29. The SMILES string of the molecule is O=C(Nc1ccc2c(c1)CN(C(=O)c1ccc[n+]([O-])c1)CC2)c1ccc(C(F)(F)F)cc1. The van der Waals surface area contributed by atoms with Gasteiger partial charge in [-0.3, -0.25) is 9.59 Å². The van der Waals surface area contributed by atoms with Crippen LogP contribution < -0.4 is 10.0 Å². The van der Waals surface area contributed by atoms with Crippen LogP contribution in [-0.2, 0) is 19.1 Å². The minimum atomic E-state index is -4.47. The van der Waals surface area contributed by atoms with Crippen molar-refractivity contribution in [1.29, 1.82) is 0 Å². The first-order valence-electron chi connectivity index (χ1n) is 9.79. The summed E-state index contributed by atoms with van der Waals surface area (Å²) in [6.07, 6.45) is -1.32. The van der Waals surface area contributed by atoms with E-state index in [-0.39, 0.29) is 17.0 Å². The summed E-state index contributed by atoms with van der Waals surface area (Å²) in [5.41, 5.74) is 1.92. The number of rotatable bonds is 3. The van der Waals surface area contributed by atoms with E-state index in [1.807, 2.05) is 6.07 Å². The van der Waals surface area contributed by atoms with E-state index >= 15 is 0 Å². The van der Waals surface area contributed by atoms with Gasteiger partial charge >= 0.3 is 6.18 Å². The molecule has 0 spiro atoms. The van der Waals surface area contributed by atoms with Gasteiger partial charge in [-0.2, -0.15) is 17.9 Å². The molecule has 0 saturated heterocycles. The summed E-state index contributed by atoms with van der Waals surface area (Å²) in [5.74, 6) is -0.799. The third-order valence-corrected chi connectivity index (χ3v) is 5.26. The Bertz CT molecular complexity index is 1180. The maximum atomic E-state index is 12.7. The van der Waals surface area contributed by atoms with E-state index in [4.69, 9.17) is 0 Å². The second-order valence-corrected chi connectivity index (χ2v) is 7.44. The molecule has 3 aromatic rings. The summed E-state index contributed by atoms with van der Waals surface area (Å²) in [5, 5.41) is 14.1. The number of carbonyl (C=O) groups is 2. The molecule has 1 N–H and O–H groups in total. The first-order chi connectivity index (χ1) is 15.2. The number of aromatic nitrogens is 1. The highest BCUT2D eigenvalue weighted by Gasteiger charge is 2.30. The van der Waals surface area contributed by atoms with E-state index in [2.05, 4.69) is 5.32 Å². The molecule has 164 valence electrons. The number of amides is 2. The fourth-order valence-electron chi connectivity index (χ4n) is 3.59. The second kappa shape index (κ2) is 8.33. The molecular formula is C23H18F3N3O3. The van der Waals surface area contributed by atoms with Crippen molar-refractivity contribution in [2.75, 3.05) is 11.9 Å². The molecule has 4 rings (SSSR count). The van der Waals surface area contributed by atoms with Crippen molar-refractivity contribution in [2.45, 2.75) is 19.1 Å². The summed E-state index contributed by atoms with van der Waals surface area (Å²) >= 11 is 0. The summed E-state index contributed by atoms with van der Waals surface area (Å²) in [6, 6.07) is 12.4. The quantitative estimate of drug-likeness (QED) is 0.496. The summed E-state index contributed by atoms with van der Waals surface area (Å²) in [7, 11) is 0. The van der Waals surface area contributed by atoms with Crippen molar-refractivity contribution in [3.63, 3.8) is 0 Å². The van der Waals surface area contributed by atoms with E-state index in [9.17, 15) is 28.0 Å². The number of hydrogen-bond acceptors (Lipinski definition) is 3. The minimum Gasteiger partial charge on any atom is -0.619 e. The molecule has 1 aromatic heterocycles. The normalized spacial score (nSPS) is 13.4. The summed E-state index contributed by atoms with van der Waals surface area (Å²) < 4.78 is 38.7. The first-order valence-corrected chi connectivity index (χ1v) is 9.79. The average molecular weight is 441 g/mol. The maximum Gasteiger partial charge on any atom is 0.416 e. The standard InChI is InChI=1S/C23H18F3N3O3/c24-23(25,26)19-6-3-16(4-7-19)21(30)27-20-8-5-15-9-11-28(13-18(15)12-20)22(31)17-2-1-10-29(32)14-17/h1-8,10,12,14H,9,11,13H2,(H,27,30). The number of fused-ring (bicyclic) bond motifs is 1. The number of alkyl halides is 3. The molecule has 0 fully saturated rings. The highest BCUT2D eigenvalue weighted by atomic mass is 19.4. The minimum absolute atomic E-state index is 0.0996. The number of nitrogens with zero attached hydrogens (tertiary/aromatic N) is 2. The van der Waals surface area contributed by atoms with Crippen LogP contribution in [0.3, 0.4) is 0 Å². The molecule has 0 aliphatic carbocycles. The first kappa shape index (κ1) is 21.4. The fraction of sp³-hybridized carbons (Fsp3) is 0.174. The van der Waals surface area contributed by atoms with E-state index in [1.54, 1.807) is 23.1 Å². The molecule has 0 unspecified atom stereocenters. The van der Waals surface area contributed by atoms with Gasteiger partial charge in [0.25, 0.3) is 11.8 Å². The van der Waals surface area contributed by atoms with Crippen molar-refractivity contribution in [3.05, 3.63) is 100 Å². The van der Waals surface area contributed by atoms with Gasteiger partial charge in [0.1, 0.15) is 5.56 Å². The van der Waals surface area contributed by atoms with Crippen LogP contribution in [0, 0.1) is 5.21 Å². The number of carbonyl (C=O) groups excluding carboxylic acids is 2. The second-order valence-electron chi connectivity index (χ2n) is 7.44. The van der Waals surface area contributed by atoms with Crippen molar-refractivity contribution < 1.29 is 27.5 Å². The lowest BCUT2D eigenvalue weighted by molar-refractivity contribution is -0.605. The van der Waals surface area contributed by atoms with Crippen LogP contribution in [0.4, 0.5) is 18.9 Å². The molecule has 32 heavy (non-hydrogen) atoms. The van der Waals surface area contributed by atoms with Gasteiger partial charge in [-0.25, -0.2) is 0 Å². The molecular weight excluding hydrogens is 423 g/mol. The molecule has 0 bridgehead atoms. The third-order valence-electron chi connectivity index (χ3n) is 5.26. The van der Waals surface area contributed by atoms with E-state index < -0.39 is 17.6 Å². The van der Waals surface area contributed by atoms with Gasteiger partial charge in [0.05, 0.1) is 5.56 Å². The van der Waals surface area contributed by atoms with Crippen molar-refractivity contribution in [2.24, 2.45) is 0 Å². The molecule has 6 nitrogen and oxygen atoms in total. The van der Waals surface area contributed by atoms with Crippen molar-refractivity contribution >= 4 is 17.5 Å². The number of pyridine rings is 1. The number of benzene rings is 2. The molecule has 0 atom stereocenters. The molecule has 2 heterocycles. The molecule has 2 aromatic carbocycles. The van der Waals surface area contributed by atoms with Gasteiger partial charge in [0.15, 0.2) is 12.4 Å². The van der Waals surface area contributed by atoms with Crippen LogP contribution in [0.25, 0.3) is 0 Å². The van der Waals surface area contributed by atoms with Crippen molar-refractivity contribution in [1.82, 2.24) is 4.90 Å². The fourth-order valence-corrected chi connectivity index (χ4v) is 3.59. The highest BCUT2D eigenvalue weighted by molar-refractivity contribution is 6.04.